The number of hydrogen-bond acceptors (Lipinski definition) is 4. The maximum atomic E-state index is 13.5. The van der Waals surface area contributed by atoms with Crippen LogP contribution in [0.5, 0.6) is 5.75 Å². The van der Waals surface area contributed by atoms with E-state index in [1.54, 1.807) is 20.1 Å². The van der Waals surface area contributed by atoms with E-state index in [0.717, 1.165) is 5.56 Å². The largest absolute Gasteiger partial charge is 0.481 e. The molecule has 0 spiro atoms. The lowest BCUT2D eigenvalue weighted by Gasteiger charge is -2.15. The molecule has 3 N–H and O–H groups in total. The van der Waals surface area contributed by atoms with Gasteiger partial charge in [0.2, 0.25) is 0 Å². The molecule has 0 bridgehead atoms. The molecule has 0 saturated carbocycles. The highest BCUT2D eigenvalue weighted by Gasteiger charge is 2.15. The lowest BCUT2D eigenvalue weighted by Crippen LogP contribution is -2.33. The summed E-state index contributed by atoms with van der Waals surface area (Å²) in [5, 5.41) is 3.11. The van der Waals surface area contributed by atoms with Crippen LogP contribution in [0.3, 0.4) is 0 Å². The molecule has 6 heteroatoms. The van der Waals surface area contributed by atoms with Crippen molar-refractivity contribution >= 4 is 5.91 Å². The number of nitrogens with one attached hydrogen (secondary N) is 1. The van der Waals surface area contributed by atoms with Crippen LogP contribution in [-0.4, -0.2) is 32.3 Å². The standard InChI is InChI=1S/C14H21FN2O3/c1-3-13(14(16)18)20-12-7-10(6-11(15)8-12)9-17-4-5-19-2/h6-8,13,17H,3-5,9H2,1-2H3,(H2,16,18). The van der Waals surface area contributed by atoms with Gasteiger partial charge in [-0.2, -0.15) is 0 Å². The fourth-order valence-corrected chi connectivity index (χ4v) is 1.70. The van der Waals surface area contributed by atoms with Crippen molar-refractivity contribution < 1.29 is 18.7 Å². The number of halogens is 1. The Hall–Kier alpha value is -1.66. The van der Waals surface area contributed by atoms with Crippen molar-refractivity contribution in [2.45, 2.75) is 26.0 Å². The Bertz CT molecular complexity index is 440. The van der Waals surface area contributed by atoms with Gasteiger partial charge in [0, 0.05) is 26.3 Å². The van der Waals surface area contributed by atoms with Crippen molar-refractivity contribution in [1.29, 1.82) is 0 Å². The quantitative estimate of drug-likeness (QED) is 0.668. The third-order valence-electron chi connectivity index (χ3n) is 2.71. The van der Waals surface area contributed by atoms with E-state index in [1.807, 2.05) is 0 Å². The van der Waals surface area contributed by atoms with Crippen LogP contribution in [0.25, 0.3) is 0 Å². The van der Waals surface area contributed by atoms with Crippen LogP contribution in [0.2, 0.25) is 0 Å². The minimum absolute atomic E-state index is 0.305. The van der Waals surface area contributed by atoms with Gasteiger partial charge in [0.05, 0.1) is 6.61 Å². The SMILES string of the molecule is CCC(Oc1cc(F)cc(CNCCOC)c1)C(N)=O. The average molecular weight is 284 g/mol. The number of primary amides is 1. The van der Waals surface area contributed by atoms with Gasteiger partial charge in [0.25, 0.3) is 5.91 Å². The molecule has 112 valence electrons. The summed E-state index contributed by atoms with van der Waals surface area (Å²) in [4.78, 5) is 11.1. The summed E-state index contributed by atoms with van der Waals surface area (Å²) in [6.45, 7) is 3.52. The number of methoxy groups -OCH3 is 1. The zero-order valence-corrected chi connectivity index (χ0v) is 11.8. The van der Waals surface area contributed by atoms with Crippen molar-refractivity contribution in [1.82, 2.24) is 5.32 Å². The fraction of sp³-hybridized carbons (Fsp3) is 0.500. The number of amides is 1. The third kappa shape index (κ3) is 5.54. The van der Waals surface area contributed by atoms with E-state index in [0.29, 0.717) is 31.9 Å². The van der Waals surface area contributed by atoms with Gasteiger partial charge in [-0.05, 0) is 24.1 Å². The summed E-state index contributed by atoms with van der Waals surface area (Å²) in [6, 6.07) is 4.34. The lowest BCUT2D eigenvalue weighted by atomic mass is 10.2. The molecular weight excluding hydrogens is 263 g/mol. The molecule has 0 aromatic heterocycles. The van der Waals surface area contributed by atoms with E-state index in [4.69, 9.17) is 15.2 Å². The summed E-state index contributed by atoms with van der Waals surface area (Å²) in [7, 11) is 1.62. The normalized spacial score (nSPS) is 12.2. The number of rotatable bonds is 9. The van der Waals surface area contributed by atoms with E-state index >= 15 is 0 Å². The summed E-state index contributed by atoms with van der Waals surface area (Å²) in [5.74, 6) is -0.666. The predicted octanol–water partition coefficient (Wildman–Crippen LogP) is 1.20. The third-order valence-corrected chi connectivity index (χ3v) is 2.71. The van der Waals surface area contributed by atoms with Gasteiger partial charge in [-0.25, -0.2) is 4.39 Å². The monoisotopic (exact) mass is 284 g/mol. The average Bonchev–Trinajstić information content (AvgIpc) is 2.40. The van der Waals surface area contributed by atoms with E-state index in [1.165, 1.54) is 12.1 Å². The molecule has 20 heavy (non-hydrogen) atoms. The maximum Gasteiger partial charge on any atom is 0.258 e. The van der Waals surface area contributed by atoms with Gasteiger partial charge in [-0.15, -0.1) is 0 Å². The Morgan fingerprint density at radius 3 is 2.80 bits per heavy atom. The molecule has 1 aromatic rings. The second-order valence-electron chi connectivity index (χ2n) is 4.38. The minimum atomic E-state index is -0.744. The number of carbonyl (C=O) groups excluding carboxylic acids is 1. The molecule has 5 nitrogen and oxygen atoms in total. The van der Waals surface area contributed by atoms with E-state index < -0.39 is 17.8 Å². The second kappa shape index (κ2) is 8.50. The second-order valence-corrected chi connectivity index (χ2v) is 4.38. The zero-order chi connectivity index (χ0) is 15.0. The van der Waals surface area contributed by atoms with Gasteiger partial charge in [-0.1, -0.05) is 6.92 Å². The number of hydrogen-bond donors (Lipinski definition) is 2. The summed E-state index contributed by atoms with van der Waals surface area (Å²) in [5.41, 5.74) is 5.93. The maximum absolute atomic E-state index is 13.5. The molecule has 0 heterocycles. The Morgan fingerprint density at radius 1 is 1.45 bits per heavy atom. The molecule has 1 unspecified atom stereocenters. The van der Waals surface area contributed by atoms with Crippen molar-refractivity contribution in [2.24, 2.45) is 5.73 Å². The van der Waals surface area contributed by atoms with Crippen molar-refractivity contribution in [3.8, 4) is 5.75 Å². The first-order valence-electron chi connectivity index (χ1n) is 6.52. The molecular formula is C14H21FN2O3. The highest BCUT2D eigenvalue weighted by molar-refractivity contribution is 5.79. The molecule has 1 atom stereocenters. The number of nitrogens with two attached hydrogens (primary N) is 1. The molecule has 1 rings (SSSR count). The van der Waals surface area contributed by atoms with Crippen LogP contribution >= 0.6 is 0 Å². The first-order chi connectivity index (χ1) is 9.56. The molecule has 1 amide bonds. The van der Waals surface area contributed by atoms with E-state index in [9.17, 15) is 9.18 Å². The molecule has 0 fully saturated rings. The molecule has 0 aliphatic carbocycles. The first kappa shape index (κ1) is 16.4. The summed E-state index contributed by atoms with van der Waals surface area (Å²) >= 11 is 0. The van der Waals surface area contributed by atoms with Gasteiger partial charge in [0.15, 0.2) is 6.10 Å². The van der Waals surface area contributed by atoms with Crippen LogP contribution in [0.15, 0.2) is 18.2 Å². The Morgan fingerprint density at radius 2 is 2.20 bits per heavy atom. The molecule has 0 aliphatic rings. The first-order valence-corrected chi connectivity index (χ1v) is 6.52. The van der Waals surface area contributed by atoms with E-state index in [-0.39, 0.29) is 0 Å². The number of benzene rings is 1. The summed E-state index contributed by atoms with van der Waals surface area (Å²) in [6.07, 6.45) is -0.307. The molecule has 0 aliphatic heterocycles. The number of carbonyl (C=O) groups is 1. The van der Waals surface area contributed by atoms with Crippen molar-refractivity contribution in [3.05, 3.63) is 29.6 Å². The van der Waals surface area contributed by atoms with Gasteiger partial charge in [0.1, 0.15) is 11.6 Å². The lowest BCUT2D eigenvalue weighted by molar-refractivity contribution is -0.124. The zero-order valence-electron chi connectivity index (χ0n) is 11.8. The topological polar surface area (TPSA) is 73.6 Å². The highest BCUT2D eigenvalue weighted by atomic mass is 19.1. The van der Waals surface area contributed by atoms with Gasteiger partial charge >= 0.3 is 0 Å². The minimum Gasteiger partial charge on any atom is -0.481 e. The highest BCUT2D eigenvalue weighted by Crippen LogP contribution is 2.18. The Kier molecular flexibility index (Phi) is 6.97. The fourth-order valence-electron chi connectivity index (χ4n) is 1.70. The predicted molar refractivity (Wildman–Crippen MR) is 73.9 cm³/mol. The Balaban J connectivity index is 2.67. The van der Waals surface area contributed by atoms with Crippen molar-refractivity contribution in [2.75, 3.05) is 20.3 Å². The van der Waals surface area contributed by atoms with Gasteiger partial charge in [-0.3, -0.25) is 4.79 Å². The van der Waals surface area contributed by atoms with Crippen molar-refractivity contribution in [3.63, 3.8) is 0 Å². The van der Waals surface area contributed by atoms with Crippen LogP contribution in [-0.2, 0) is 16.1 Å². The van der Waals surface area contributed by atoms with E-state index in [2.05, 4.69) is 5.32 Å². The number of ether oxygens (including phenoxy) is 2. The van der Waals surface area contributed by atoms with Crippen LogP contribution in [0.4, 0.5) is 4.39 Å². The van der Waals surface area contributed by atoms with Gasteiger partial charge < -0.3 is 20.5 Å². The Labute approximate surface area is 118 Å². The molecule has 0 saturated heterocycles. The van der Waals surface area contributed by atoms with Crippen LogP contribution in [0.1, 0.15) is 18.9 Å². The van der Waals surface area contributed by atoms with Crippen LogP contribution in [0, 0.1) is 5.82 Å². The smallest absolute Gasteiger partial charge is 0.258 e. The molecule has 1 aromatic carbocycles. The molecule has 0 radical (unpaired) electrons. The summed E-state index contributed by atoms with van der Waals surface area (Å²) < 4.78 is 23.8. The van der Waals surface area contributed by atoms with Crippen LogP contribution < -0.4 is 15.8 Å².